The number of alkyl halides is 1. The SMILES string of the molecule is Fc1cc(CCl)cc(F)c1Oc1ccc2c(c1)CCC2. The predicted octanol–water partition coefficient (Wildman–Crippen LogP) is 4.98. The van der Waals surface area contributed by atoms with Crippen LogP contribution < -0.4 is 4.74 Å². The van der Waals surface area contributed by atoms with Crippen LogP contribution in [0.4, 0.5) is 8.78 Å². The number of fused-ring (bicyclic) bond motifs is 1. The number of hydrogen-bond donors (Lipinski definition) is 0. The standard InChI is InChI=1S/C16H13ClF2O/c17-9-10-6-14(18)16(15(19)7-10)20-13-5-4-11-2-1-3-12(11)8-13/h4-8H,1-3,9H2. The van der Waals surface area contributed by atoms with Crippen LogP contribution >= 0.6 is 11.6 Å². The lowest BCUT2D eigenvalue weighted by molar-refractivity contribution is 0.406. The fourth-order valence-electron chi connectivity index (χ4n) is 2.52. The zero-order valence-corrected chi connectivity index (χ0v) is 11.5. The lowest BCUT2D eigenvalue weighted by atomic mass is 10.1. The first-order chi connectivity index (χ1) is 9.67. The van der Waals surface area contributed by atoms with Crippen molar-refractivity contribution < 1.29 is 13.5 Å². The van der Waals surface area contributed by atoms with Crippen LogP contribution in [0.2, 0.25) is 0 Å². The Morgan fingerprint density at radius 1 is 1.00 bits per heavy atom. The van der Waals surface area contributed by atoms with E-state index in [4.69, 9.17) is 16.3 Å². The van der Waals surface area contributed by atoms with Crippen LogP contribution in [-0.4, -0.2) is 0 Å². The molecule has 0 spiro atoms. The number of benzene rings is 2. The average Bonchev–Trinajstić information content (AvgIpc) is 2.90. The molecule has 0 atom stereocenters. The van der Waals surface area contributed by atoms with E-state index in [1.54, 1.807) is 6.07 Å². The minimum atomic E-state index is -0.735. The Bertz CT molecular complexity index is 632. The molecule has 0 radical (unpaired) electrons. The second-order valence-corrected chi connectivity index (χ2v) is 5.18. The van der Waals surface area contributed by atoms with Crippen LogP contribution in [0, 0.1) is 11.6 Å². The molecule has 1 aliphatic carbocycles. The number of aryl methyl sites for hydroxylation is 2. The molecule has 3 rings (SSSR count). The minimum absolute atomic E-state index is 0.0625. The summed E-state index contributed by atoms with van der Waals surface area (Å²) in [5.41, 5.74) is 2.87. The van der Waals surface area contributed by atoms with Crippen molar-refractivity contribution in [1.29, 1.82) is 0 Å². The third kappa shape index (κ3) is 2.50. The third-order valence-electron chi connectivity index (χ3n) is 3.50. The smallest absolute Gasteiger partial charge is 0.198 e. The molecule has 20 heavy (non-hydrogen) atoms. The summed E-state index contributed by atoms with van der Waals surface area (Å²) in [6.07, 6.45) is 3.16. The van der Waals surface area contributed by atoms with E-state index in [2.05, 4.69) is 0 Å². The van der Waals surface area contributed by atoms with Gasteiger partial charge in [0.2, 0.25) is 0 Å². The van der Waals surface area contributed by atoms with Crippen LogP contribution in [-0.2, 0) is 18.7 Å². The van der Waals surface area contributed by atoms with Gasteiger partial charge in [-0.3, -0.25) is 0 Å². The number of ether oxygens (including phenoxy) is 1. The van der Waals surface area contributed by atoms with Gasteiger partial charge in [0.1, 0.15) is 5.75 Å². The highest BCUT2D eigenvalue weighted by atomic mass is 35.5. The van der Waals surface area contributed by atoms with Gasteiger partial charge in [-0.25, -0.2) is 8.78 Å². The average molecular weight is 295 g/mol. The van der Waals surface area contributed by atoms with Crippen LogP contribution in [0.25, 0.3) is 0 Å². The summed E-state index contributed by atoms with van der Waals surface area (Å²) < 4.78 is 33.0. The molecule has 2 aromatic rings. The molecule has 0 N–H and O–H groups in total. The van der Waals surface area contributed by atoms with Crippen LogP contribution in [0.15, 0.2) is 30.3 Å². The zero-order valence-electron chi connectivity index (χ0n) is 10.8. The van der Waals surface area contributed by atoms with Crippen molar-refractivity contribution in [2.45, 2.75) is 25.1 Å². The second kappa shape index (κ2) is 5.41. The molecule has 0 aromatic heterocycles. The maximum Gasteiger partial charge on any atom is 0.198 e. The van der Waals surface area contributed by atoms with Crippen molar-refractivity contribution >= 4 is 11.6 Å². The van der Waals surface area contributed by atoms with Gasteiger partial charge >= 0.3 is 0 Å². The quantitative estimate of drug-likeness (QED) is 0.725. The van der Waals surface area contributed by atoms with E-state index >= 15 is 0 Å². The third-order valence-corrected chi connectivity index (χ3v) is 3.81. The van der Waals surface area contributed by atoms with E-state index in [1.807, 2.05) is 12.1 Å². The van der Waals surface area contributed by atoms with Gasteiger partial charge in [-0.05, 0) is 60.2 Å². The Morgan fingerprint density at radius 2 is 1.70 bits per heavy atom. The minimum Gasteiger partial charge on any atom is -0.451 e. The van der Waals surface area contributed by atoms with Crippen molar-refractivity contribution in [1.82, 2.24) is 0 Å². The number of hydrogen-bond acceptors (Lipinski definition) is 1. The Hall–Kier alpha value is -1.61. The molecule has 0 amide bonds. The monoisotopic (exact) mass is 294 g/mol. The molecular weight excluding hydrogens is 282 g/mol. The molecule has 2 aromatic carbocycles. The summed E-state index contributed by atoms with van der Waals surface area (Å²) >= 11 is 5.57. The van der Waals surface area contributed by atoms with Crippen molar-refractivity contribution in [2.24, 2.45) is 0 Å². The van der Waals surface area contributed by atoms with Crippen molar-refractivity contribution in [2.75, 3.05) is 0 Å². The lowest BCUT2D eigenvalue weighted by Crippen LogP contribution is -1.95. The molecule has 0 saturated heterocycles. The summed E-state index contributed by atoms with van der Waals surface area (Å²) in [5, 5.41) is 0. The van der Waals surface area contributed by atoms with Gasteiger partial charge in [0.25, 0.3) is 0 Å². The summed E-state index contributed by atoms with van der Waals surface area (Å²) in [5.74, 6) is -1.33. The van der Waals surface area contributed by atoms with Gasteiger partial charge in [0.15, 0.2) is 17.4 Å². The van der Waals surface area contributed by atoms with Crippen molar-refractivity contribution in [3.05, 3.63) is 58.7 Å². The molecule has 4 heteroatoms. The zero-order chi connectivity index (χ0) is 14.1. The summed E-state index contributed by atoms with van der Waals surface area (Å²) in [6.45, 7) is 0. The maximum atomic E-state index is 13.8. The summed E-state index contributed by atoms with van der Waals surface area (Å²) in [6, 6.07) is 7.95. The molecule has 0 heterocycles. The highest BCUT2D eigenvalue weighted by Gasteiger charge is 2.16. The predicted molar refractivity (Wildman–Crippen MR) is 74.5 cm³/mol. The Morgan fingerprint density at radius 3 is 2.40 bits per heavy atom. The fourth-order valence-corrected chi connectivity index (χ4v) is 2.67. The molecule has 1 nitrogen and oxygen atoms in total. The van der Waals surface area contributed by atoms with E-state index in [1.165, 1.54) is 23.3 Å². The van der Waals surface area contributed by atoms with Gasteiger partial charge in [-0.15, -0.1) is 11.6 Å². The van der Waals surface area contributed by atoms with E-state index in [9.17, 15) is 8.78 Å². The van der Waals surface area contributed by atoms with E-state index in [0.717, 1.165) is 19.3 Å². The Balaban J connectivity index is 1.91. The van der Waals surface area contributed by atoms with Gasteiger partial charge in [0, 0.05) is 5.88 Å². The van der Waals surface area contributed by atoms with E-state index < -0.39 is 11.6 Å². The van der Waals surface area contributed by atoms with Gasteiger partial charge in [0.05, 0.1) is 0 Å². The first-order valence-electron chi connectivity index (χ1n) is 6.51. The molecule has 1 aliphatic rings. The molecule has 0 saturated carbocycles. The lowest BCUT2D eigenvalue weighted by Gasteiger charge is -2.10. The molecular formula is C16H13ClF2O. The van der Waals surface area contributed by atoms with Crippen molar-refractivity contribution in [3.63, 3.8) is 0 Å². The molecule has 0 aliphatic heterocycles. The maximum absolute atomic E-state index is 13.8. The van der Waals surface area contributed by atoms with Gasteiger partial charge < -0.3 is 4.74 Å². The van der Waals surface area contributed by atoms with Crippen LogP contribution in [0.1, 0.15) is 23.1 Å². The largest absolute Gasteiger partial charge is 0.451 e. The van der Waals surface area contributed by atoms with Crippen LogP contribution in [0.5, 0.6) is 11.5 Å². The fraction of sp³-hybridized carbons (Fsp3) is 0.250. The highest BCUT2D eigenvalue weighted by Crippen LogP contribution is 2.32. The highest BCUT2D eigenvalue weighted by molar-refractivity contribution is 6.17. The topological polar surface area (TPSA) is 9.23 Å². The van der Waals surface area contributed by atoms with Gasteiger partial charge in [-0.2, -0.15) is 0 Å². The van der Waals surface area contributed by atoms with Gasteiger partial charge in [-0.1, -0.05) is 6.07 Å². The van der Waals surface area contributed by atoms with E-state index in [0.29, 0.717) is 11.3 Å². The first kappa shape index (κ1) is 13.4. The first-order valence-corrected chi connectivity index (χ1v) is 7.04. The molecule has 104 valence electrons. The molecule has 0 unspecified atom stereocenters. The Labute approximate surface area is 121 Å². The number of halogens is 3. The summed E-state index contributed by atoms with van der Waals surface area (Å²) in [7, 11) is 0. The Kier molecular flexibility index (Phi) is 3.62. The number of rotatable bonds is 3. The van der Waals surface area contributed by atoms with Crippen LogP contribution in [0.3, 0.4) is 0 Å². The molecule has 0 bridgehead atoms. The van der Waals surface area contributed by atoms with Crippen molar-refractivity contribution in [3.8, 4) is 11.5 Å². The normalized spacial score (nSPS) is 13.3. The van der Waals surface area contributed by atoms with E-state index in [-0.39, 0.29) is 11.6 Å². The summed E-state index contributed by atoms with van der Waals surface area (Å²) in [4.78, 5) is 0. The molecule has 0 fully saturated rings. The second-order valence-electron chi connectivity index (χ2n) is 4.91.